The molecule has 1 N–H and O–H groups in total. The Hall–Kier alpha value is -3.40. The Morgan fingerprint density at radius 1 is 1.06 bits per heavy atom. The van der Waals surface area contributed by atoms with Gasteiger partial charge in [-0.15, -0.1) is 10.2 Å². The molecule has 0 radical (unpaired) electrons. The molecule has 0 saturated carbocycles. The number of nitro benzene ring substituents is 1. The Morgan fingerprint density at radius 3 is 2.45 bits per heavy atom. The summed E-state index contributed by atoms with van der Waals surface area (Å²) in [5, 5.41) is 23.4. The number of aromatic nitrogens is 3. The molecule has 1 aliphatic heterocycles. The van der Waals surface area contributed by atoms with Crippen LogP contribution in [-0.2, 0) is 4.79 Å². The van der Waals surface area contributed by atoms with Gasteiger partial charge in [0.1, 0.15) is 5.69 Å². The number of thioether (sulfide) groups is 1. The van der Waals surface area contributed by atoms with Crippen LogP contribution in [0.1, 0.15) is 30.4 Å². The van der Waals surface area contributed by atoms with E-state index in [0.29, 0.717) is 5.16 Å². The van der Waals surface area contributed by atoms with Crippen molar-refractivity contribution in [2.45, 2.75) is 38.3 Å². The van der Waals surface area contributed by atoms with Crippen molar-refractivity contribution in [3.05, 3.63) is 63.7 Å². The van der Waals surface area contributed by atoms with Gasteiger partial charge < -0.3 is 10.2 Å². The van der Waals surface area contributed by atoms with Crippen molar-refractivity contribution in [3.63, 3.8) is 0 Å². The largest absolute Gasteiger partial charge is 0.341 e. The monoisotopic (exact) mass is 466 g/mol. The van der Waals surface area contributed by atoms with Crippen LogP contribution in [0.5, 0.6) is 0 Å². The average molecular weight is 467 g/mol. The molecule has 1 fully saturated rings. The molecule has 1 amide bonds. The van der Waals surface area contributed by atoms with E-state index in [0.717, 1.165) is 48.7 Å². The Morgan fingerprint density at radius 2 is 1.76 bits per heavy atom. The number of hydrogen-bond donors (Lipinski definition) is 1. The van der Waals surface area contributed by atoms with E-state index in [1.807, 2.05) is 35.8 Å². The summed E-state index contributed by atoms with van der Waals surface area (Å²) < 4.78 is 1.98. The van der Waals surface area contributed by atoms with Crippen molar-refractivity contribution in [2.75, 3.05) is 29.1 Å². The number of carbonyl (C=O) groups is 1. The van der Waals surface area contributed by atoms with Crippen molar-refractivity contribution in [1.29, 1.82) is 0 Å². The molecule has 10 heteroatoms. The number of rotatable bonds is 7. The molecule has 33 heavy (non-hydrogen) atoms. The zero-order valence-electron chi connectivity index (χ0n) is 18.7. The van der Waals surface area contributed by atoms with Gasteiger partial charge in [0.2, 0.25) is 11.9 Å². The normalized spacial score (nSPS) is 13.7. The van der Waals surface area contributed by atoms with Crippen LogP contribution < -0.4 is 10.2 Å². The number of amides is 1. The van der Waals surface area contributed by atoms with Crippen LogP contribution >= 0.6 is 11.8 Å². The number of nitro groups is 1. The third-order valence-electron chi connectivity index (χ3n) is 5.50. The van der Waals surface area contributed by atoms with E-state index in [1.54, 1.807) is 19.1 Å². The number of benzene rings is 2. The maximum atomic E-state index is 12.6. The maximum Gasteiger partial charge on any atom is 0.293 e. The van der Waals surface area contributed by atoms with Crippen molar-refractivity contribution in [2.24, 2.45) is 0 Å². The highest BCUT2D eigenvalue weighted by atomic mass is 32.2. The van der Waals surface area contributed by atoms with Gasteiger partial charge >= 0.3 is 0 Å². The maximum absolute atomic E-state index is 12.6. The van der Waals surface area contributed by atoms with Crippen LogP contribution in [0.3, 0.4) is 0 Å². The lowest BCUT2D eigenvalue weighted by molar-refractivity contribution is -0.384. The number of piperidine rings is 1. The van der Waals surface area contributed by atoms with Gasteiger partial charge in [0.05, 0.1) is 16.4 Å². The van der Waals surface area contributed by atoms with Gasteiger partial charge in [0.25, 0.3) is 5.69 Å². The minimum atomic E-state index is -0.491. The molecular weight excluding hydrogens is 440 g/mol. The molecule has 9 nitrogen and oxygen atoms in total. The minimum Gasteiger partial charge on any atom is -0.341 e. The molecule has 2 aromatic carbocycles. The second-order valence-corrected chi connectivity index (χ2v) is 9.06. The van der Waals surface area contributed by atoms with Crippen LogP contribution in [0, 0.1) is 24.0 Å². The van der Waals surface area contributed by atoms with Gasteiger partial charge in [-0.25, -0.2) is 0 Å². The van der Waals surface area contributed by atoms with Crippen LogP contribution in [0.15, 0.2) is 47.6 Å². The number of aryl methyl sites for hydroxylation is 2. The molecule has 2 heterocycles. The fourth-order valence-corrected chi connectivity index (χ4v) is 4.54. The molecule has 1 saturated heterocycles. The average Bonchev–Trinajstić information content (AvgIpc) is 3.24. The summed E-state index contributed by atoms with van der Waals surface area (Å²) in [4.78, 5) is 25.7. The van der Waals surface area contributed by atoms with Gasteiger partial charge in [0.15, 0.2) is 5.16 Å². The Labute approximate surface area is 196 Å². The molecule has 0 aliphatic carbocycles. The molecular formula is C23H26N6O3S. The quantitative estimate of drug-likeness (QED) is 0.310. The van der Waals surface area contributed by atoms with Crippen molar-refractivity contribution < 1.29 is 9.72 Å². The summed E-state index contributed by atoms with van der Waals surface area (Å²) >= 11 is 1.26. The molecule has 4 rings (SSSR count). The smallest absolute Gasteiger partial charge is 0.293 e. The summed E-state index contributed by atoms with van der Waals surface area (Å²) in [5.41, 5.74) is 2.90. The molecule has 172 valence electrons. The Balaban J connectivity index is 1.54. The zero-order valence-corrected chi connectivity index (χ0v) is 19.5. The highest BCUT2D eigenvalue weighted by Crippen LogP contribution is 2.29. The second kappa shape index (κ2) is 10.0. The van der Waals surface area contributed by atoms with E-state index in [2.05, 4.69) is 20.4 Å². The predicted molar refractivity (Wildman–Crippen MR) is 129 cm³/mol. The standard InChI is InChI=1S/C23H26N6O3S/c1-16-6-9-18(10-7-16)28-22(27-12-4-3-5-13-27)25-26-23(28)33-15-21(30)24-19-11-8-17(2)14-20(19)29(31)32/h6-11,14H,3-5,12-13,15H2,1-2H3,(H,24,30). The first-order chi connectivity index (χ1) is 15.9. The van der Waals surface area contributed by atoms with Crippen LogP contribution in [0.25, 0.3) is 5.69 Å². The topological polar surface area (TPSA) is 106 Å². The van der Waals surface area contributed by atoms with E-state index in [9.17, 15) is 14.9 Å². The predicted octanol–water partition coefficient (Wildman–Crippen LogP) is 4.51. The lowest BCUT2D eigenvalue weighted by Gasteiger charge is -2.27. The molecule has 0 spiro atoms. The fourth-order valence-electron chi connectivity index (χ4n) is 3.79. The first-order valence-electron chi connectivity index (χ1n) is 10.9. The van der Waals surface area contributed by atoms with Crippen LogP contribution in [-0.4, -0.2) is 44.4 Å². The van der Waals surface area contributed by atoms with Crippen LogP contribution in [0.4, 0.5) is 17.3 Å². The molecule has 3 aromatic rings. The third-order valence-corrected chi connectivity index (χ3v) is 6.43. The number of hydrogen-bond acceptors (Lipinski definition) is 7. The molecule has 1 aromatic heterocycles. The number of nitrogens with one attached hydrogen (secondary N) is 1. The lowest BCUT2D eigenvalue weighted by Crippen LogP contribution is -2.31. The number of carbonyl (C=O) groups excluding carboxylic acids is 1. The summed E-state index contributed by atoms with van der Waals surface area (Å²) in [6.07, 6.45) is 3.43. The van der Waals surface area contributed by atoms with Crippen molar-refractivity contribution in [3.8, 4) is 5.69 Å². The second-order valence-electron chi connectivity index (χ2n) is 8.12. The summed E-state index contributed by atoms with van der Waals surface area (Å²) in [6.45, 7) is 5.65. The van der Waals surface area contributed by atoms with E-state index in [4.69, 9.17) is 0 Å². The fraction of sp³-hybridized carbons (Fsp3) is 0.348. The van der Waals surface area contributed by atoms with Crippen molar-refractivity contribution in [1.82, 2.24) is 14.8 Å². The molecule has 0 bridgehead atoms. The lowest BCUT2D eigenvalue weighted by atomic mass is 10.1. The molecule has 0 atom stereocenters. The number of nitrogens with zero attached hydrogens (tertiary/aromatic N) is 5. The van der Waals surface area contributed by atoms with E-state index >= 15 is 0 Å². The van der Waals surface area contributed by atoms with Crippen LogP contribution in [0.2, 0.25) is 0 Å². The van der Waals surface area contributed by atoms with Gasteiger partial charge in [0, 0.05) is 19.2 Å². The third kappa shape index (κ3) is 5.33. The van der Waals surface area contributed by atoms with Gasteiger partial charge in [-0.2, -0.15) is 0 Å². The highest BCUT2D eigenvalue weighted by Gasteiger charge is 2.23. The zero-order chi connectivity index (χ0) is 23.4. The van der Waals surface area contributed by atoms with Crippen molar-refractivity contribution >= 4 is 35.0 Å². The van der Waals surface area contributed by atoms with E-state index in [1.165, 1.54) is 24.2 Å². The SMILES string of the molecule is Cc1ccc(-n2c(SCC(=O)Nc3ccc(C)cc3[N+](=O)[O-])nnc2N2CCCCC2)cc1. The summed E-state index contributed by atoms with van der Waals surface area (Å²) in [5.74, 6) is 0.482. The Bertz CT molecular complexity index is 1160. The van der Waals surface area contributed by atoms with E-state index in [-0.39, 0.29) is 23.0 Å². The minimum absolute atomic E-state index is 0.0506. The summed E-state index contributed by atoms with van der Waals surface area (Å²) in [6, 6.07) is 12.8. The van der Waals surface area contributed by atoms with Gasteiger partial charge in [-0.05, 0) is 56.9 Å². The summed E-state index contributed by atoms with van der Waals surface area (Å²) in [7, 11) is 0. The van der Waals surface area contributed by atoms with E-state index < -0.39 is 4.92 Å². The number of anilines is 2. The van der Waals surface area contributed by atoms with Gasteiger partial charge in [-0.1, -0.05) is 35.5 Å². The Kier molecular flexibility index (Phi) is 6.93. The molecule has 1 aliphatic rings. The van der Waals surface area contributed by atoms with Gasteiger partial charge in [-0.3, -0.25) is 19.5 Å². The first-order valence-corrected chi connectivity index (χ1v) is 11.9. The first kappa shape index (κ1) is 22.8. The molecule has 0 unspecified atom stereocenters. The highest BCUT2D eigenvalue weighted by molar-refractivity contribution is 7.99.